The van der Waals surface area contributed by atoms with Gasteiger partial charge in [0, 0.05) is 11.9 Å². The molecule has 0 saturated carbocycles. The lowest BCUT2D eigenvalue weighted by Crippen LogP contribution is -2.01. The first kappa shape index (κ1) is 8.72. The molecule has 0 unspecified atom stereocenters. The van der Waals surface area contributed by atoms with Crippen molar-refractivity contribution in [2.45, 2.75) is 19.3 Å². The number of anilines is 1. The van der Waals surface area contributed by atoms with E-state index in [2.05, 4.69) is 34.6 Å². The van der Waals surface area contributed by atoms with Crippen LogP contribution in [0.2, 0.25) is 0 Å². The summed E-state index contributed by atoms with van der Waals surface area (Å²) in [6.07, 6.45) is 3.66. The summed E-state index contributed by atoms with van der Waals surface area (Å²) < 4.78 is 0. The van der Waals surface area contributed by atoms with Gasteiger partial charge in [-0.2, -0.15) is 0 Å². The van der Waals surface area contributed by atoms with Gasteiger partial charge in [-0.25, -0.2) is 4.98 Å². The number of fused-ring (bicyclic) bond motifs is 2. The molecule has 2 nitrogen and oxygen atoms in total. The third kappa shape index (κ3) is 1.56. The quantitative estimate of drug-likeness (QED) is 0.704. The Morgan fingerprint density at radius 1 is 1.13 bits per heavy atom. The molecule has 0 fully saturated rings. The molecule has 1 aliphatic rings. The molecule has 1 aromatic carbocycles. The van der Waals surface area contributed by atoms with Crippen LogP contribution in [0.5, 0.6) is 0 Å². The van der Waals surface area contributed by atoms with Crippen molar-refractivity contribution >= 4 is 16.7 Å². The van der Waals surface area contributed by atoms with Crippen molar-refractivity contribution < 1.29 is 0 Å². The number of rotatable bonds is 0. The SMILES string of the molecule is c1ccc2nc3c(cc2c1)CCCCN3. The van der Waals surface area contributed by atoms with E-state index in [-0.39, 0.29) is 0 Å². The molecule has 2 heteroatoms. The van der Waals surface area contributed by atoms with Gasteiger partial charge in [-0.1, -0.05) is 18.2 Å². The number of aryl methyl sites for hydroxylation is 1. The summed E-state index contributed by atoms with van der Waals surface area (Å²) in [7, 11) is 0. The van der Waals surface area contributed by atoms with E-state index in [1.807, 2.05) is 6.07 Å². The van der Waals surface area contributed by atoms with E-state index in [0.717, 1.165) is 24.3 Å². The highest BCUT2D eigenvalue weighted by molar-refractivity contribution is 5.81. The van der Waals surface area contributed by atoms with Crippen molar-refractivity contribution in [2.24, 2.45) is 0 Å². The fourth-order valence-electron chi connectivity index (χ4n) is 2.15. The maximum atomic E-state index is 4.66. The third-order valence-electron chi connectivity index (χ3n) is 2.97. The summed E-state index contributed by atoms with van der Waals surface area (Å²) in [6.45, 7) is 1.05. The highest BCUT2D eigenvalue weighted by atomic mass is 15.0. The van der Waals surface area contributed by atoms with Crippen molar-refractivity contribution in [2.75, 3.05) is 11.9 Å². The van der Waals surface area contributed by atoms with E-state index in [0.29, 0.717) is 0 Å². The Bertz CT molecular complexity index is 446. The first-order valence-electron chi connectivity index (χ1n) is 5.56. The van der Waals surface area contributed by atoms with Gasteiger partial charge in [0.2, 0.25) is 0 Å². The molecule has 1 N–H and O–H groups in total. The third-order valence-corrected chi connectivity index (χ3v) is 2.97. The zero-order valence-corrected chi connectivity index (χ0v) is 8.66. The van der Waals surface area contributed by atoms with Crippen LogP contribution in [0.4, 0.5) is 5.82 Å². The summed E-state index contributed by atoms with van der Waals surface area (Å²) in [6, 6.07) is 10.6. The lowest BCUT2D eigenvalue weighted by atomic mass is 10.1. The van der Waals surface area contributed by atoms with Crippen LogP contribution in [0.1, 0.15) is 18.4 Å². The van der Waals surface area contributed by atoms with Gasteiger partial charge in [0.05, 0.1) is 5.52 Å². The van der Waals surface area contributed by atoms with E-state index < -0.39 is 0 Å². The molecule has 3 rings (SSSR count). The molecule has 15 heavy (non-hydrogen) atoms. The lowest BCUT2D eigenvalue weighted by Gasteiger charge is -2.07. The molecule has 1 aromatic heterocycles. The zero-order chi connectivity index (χ0) is 10.1. The van der Waals surface area contributed by atoms with Gasteiger partial charge in [-0.3, -0.25) is 0 Å². The van der Waals surface area contributed by atoms with Crippen LogP contribution in [0.15, 0.2) is 30.3 Å². The van der Waals surface area contributed by atoms with Gasteiger partial charge in [-0.05, 0) is 37.0 Å². The van der Waals surface area contributed by atoms with E-state index in [4.69, 9.17) is 0 Å². The van der Waals surface area contributed by atoms with Crippen LogP contribution in [0, 0.1) is 0 Å². The van der Waals surface area contributed by atoms with Crippen LogP contribution in [0.25, 0.3) is 10.9 Å². The minimum Gasteiger partial charge on any atom is -0.370 e. The van der Waals surface area contributed by atoms with Gasteiger partial charge >= 0.3 is 0 Å². The minimum atomic E-state index is 1.05. The Hall–Kier alpha value is -1.57. The van der Waals surface area contributed by atoms with Crippen LogP contribution in [-0.4, -0.2) is 11.5 Å². The first-order chi connectivity index (χ1) is 7.43. The Balaban J connectivity index is 2.20. The molecule has 0 atom stereocenters. The Labute approximate surface area is 89.3 Å². The molecule has 0 bridgehead atoms. The minimum absolute atomic E-state index is 1.05. The van der Waals surface area contributed by atoms with Crippen LogP contribution >= 0.6 is 0 Å². The predicted molar refractivity (Wildman–Crippen MR) is 63.2 cm³/mol. The van der Waals surface area contributed by atoms with Crippen molar-refractivity contribution in [3.63, 3.8) is 0 Å². The summed E-state index contributed by atoms with van der Waals surface area (Å²) in [5, 5.41) is 4.66. The highest BCUT2D eigenvalue weighted by Gasteiger charge is 2.09. The van der Waals surface area contributed by atoms with Gasteiger partial charge in [0.25, 0.3) is 0 Å². The second-order valence-electron chi connectivity index (χ2n) is 4.07. The second kappa shape index (κ2) is 3.54. The number of benzene rings is 1. The number of hydrogen-bond donors (Lipinski definition) is 1. The summed E-state index contributed by atoms with van der Waals surface area (Å²) in [5.74, 6) is 1.09. The molecule has 1 aliphatic heterocycles. The average molecular weight is 198 g/mol. The normalized spacial score (nSPS) is 15.5. The van der Waals surface area contributed by atoms with Crippen molar-refractivity contribution in [1.29, 1.82) is 0 Å². The lowest BCUT2D eigenvalue weighted by molar-refractivity contribution is 0.786. The standard InChI is InChI=1S/C13H14N2/c1-2-7-12-10(5-1)9-11-6-3-4-8-14-13(11)15-12/h1-2,5,7,9H,3-4,6,8H2,(H,14,15). The number of hydrogen-bond acceptors (Lipinski definition) is 2. The Morgan fingerprint density at radius 3 is 3.07 bits per heavy atom. The largest absolute Gasteiger partial charge is 0.370 e. The van der Waals surface area contributed by atoms with E-state index in [1.165, 1.54) is 23.8 Å². The van der Waals surface area contributed by atoms with Gasteiger partial charge in [0.1, 0.15) is 5.82 Å². The number of nitrogens with zero attached hydrogens (tertiary/aromatic N) is 1. The fourth-order valence-corrected chi connectivity index (χ4v) is 2.15. The van der Waals surface area contributed by atoms with Gasteiger partial charge in [-0.15, -0.1) is 0 Å². The molecule has 76 valence electrons. The average Bonchev–Trinajstić information content (AvgIpc) is 2.50. The number of aromatic nitrogens is 1. The Kier molecular flexibility index (Phi) is 2.05. The molecular formula is C13H14N2. The molecule has 2 aromatic rings. The van der Waals surface area contributed by atoms with E-state index >= 15 is 0 Å². The summed E-state index contributed by atoms with van der Waals surface area (Å²) >= 11 is 0. The first-order valence-corrected chi connectivity index (χ1v) is 5.56. The fraction of sp³-hybridized carbons (Fsp3) is 0.308. The van der Waals surface area contributed by atoms with Crippen molar-refractivity contribution in [3.05, 3.63) is 35.9 Å². The monoisotopic (exact) mass is 198 g/mol. The smallest absolute Gasteiger partial charge is 0.129 e. The molecule has 0 aliphatic carbocycles. The van der Waals surface area contributed by atoms with Crippen LogP contribution < -0.4 is 5.32 Å². The number of pyridine rings is 1. The maximum absolute atomic E-state index is 4.66. The molecule has 2 heterocycles. The second-order valence-corrected chi connectivity index (χ2v) is 4.07. The summed E-state index contributed by atoms with van der Waals surface area (Å²) in [5.41, 5.74) is 2.46. The van der Waals surface area contributed by atoms with Crippen molar-refractivity contribution in [1.82, 2.24) is 4.98 Å². The number of para-hydroxylation sites is 1. The van der Waals surface area contributed by atoms with Gasteiger partial charge in [0.15, 0.2) is 0 Å². The molecule has 0 radical (unpaired) electrons. The van der Waals surface area contributed by atoms with E-state index in [9.17, 15) is 0 Å². The summed E-state index contributed by atoms with van der Waals surface area (Å²) in [4.78, 5) is 4.66. The van der Waals surface area contributed by atoms with Crippen LogP contribution in [0.3, 0.4) is 0 Å². The molecule has 0 saturated heterocycles. The highest BCUT2D eigenvalue weighted by Crippen LogP contribution is 2.23. The maximum Gasteiger partial charge on any atom is 0.129 e. The van der Waals surface area contributed by atoms with Crippen molar-refractivity contribution in [3.8, 4) is 0 Å². The van der Waals surface area contributed by atoms with Gasteiger partial charge < -0.3 is 5.32 Å². The zero-order valence-electron chi connectivity index (χ0n) is 8.66. The molecule has 0 amide bonds. The molecular weight excluding hydrogens is 184 g/mol. The Morgan fingerprint density at radius 2 is 2.07 bits per heavy atom. The molecule has 0 spiro atoms. The van der Waals surface area contributed by atoms with E-state index in [1.54, 1.807) is 0 Å². The predicted octanol–water partition coefficient (Wildman–Crippen LogP) is 2.98. The number of nitrogens with one attached hydrogen (secondary N) is 1. The topological polar surface area (TPSA) is 24.9 Å². The van der Waals surface area contributed by atoms with Crippen LogP contribution in [-0.2, 0) is 6.42 Å².